The minimum atomic E-state index is -0.0445. The van der Waals surface area contributed by atoms with Gasteiger partial charge in [0.25, 0.3) is 0 Å². The molecule has 26 heavy (non-hydrogen) atoms. The van der Waals surface area contributed by atoms with E-state index in [0.717, 1.165) is 55.9 Å². The standard InChI is InChI=1S/C18H25N5O2S/c1-3-14-4-6-15(7-5-14)19-17(24)13-26-18-21-20-16(22(18)2)12-23-8-10-25-11-9-23/h4-7H,3,8-13H2,1-2H3,(H,19,24). The lowest BCUT2D eigenvalue weighted by atomic mass is 10.1. The van der Waals surface area contributed by atoms with E-state index in [1.54, 1.807) is 0 Å². The van der Waals surface area contributed by atoms with Gasteiger partial charge in [0.05, 0.1) is 25.5 Å². The molecule has 2 aromatic rings. The SMILES string of the molecule is CCc1ccc(NC(=O)CSc2nnc(CN3CCOCC3)n2C)cc1. The van der Waals surface area contributed by atoms with E-state index in [9.17, 15) is 4.79 Å². The zero-order valence-corrected chi connectivity index (χ0v) is 16.1. The van der Waals surface area contributed by atoms with Crippen LogP contribution in [0.1, 0.15) is 18.3 Å². The van der Waals surface area contributed by atoms with E-state index in [2.05, 4.69) is 27.3 Å². The summed E-state index contributed by atoms with van der Waals surface area (Å²) in [4.78, 5) is 14.5. The summed E-state index contributed by atoms with van der Waals surface area (Å²) < 4.78 is 7.33. The summed E-state index contributed by atoms with van der Waals surface area (Å²) in [6.07, 6.45) is 0.989. The molecule has 0 bridgehead atoms. The van der Waals surface area contributed by atoms with Gasteiger partial charge >= 0.3 is 0 Å². The Bertz CT molecular complexity index is 726. The molecule has 0 aliphatic carbocycles. The zero-order chi connectivity index (χ0) is 18.4. The number of anilines is 1. The van der Waals surface area contributed by atoms with Crippen LogP contribution in [-0.4, -0.2) is 57.6 Å². The number of aryl methyl sites for hydroxylation is 1. The van der Waals surface area contributed by atoms with Gasteiger partial charge in [-0.05, 0) is 24.1 Å². The number of nitrogens with zero attached hydrogens (tertiary/aromatic N) is 4. The van der Waals surface area contributed by atoms with Crippen LogP contribution >= 0.6 is 11.8 Å². The van der Waals surface area contributed by atoms with Crippen LogP contribution < -0.4 is 5.32 Å². The maximum absolute atomic E-state index is 12.2. The molecule has 0 atom stereocenters. The summed E-state index contributed by atoms with van der Waals surface area (Å²) in [7, 11) is 1.94. The van der Waals surface area contributed by atoms with E-state index < -0.39 is 0 Å². The third kappa shape index (κ3) is 5.06. The average Bonchev–Trinajstić information content (AvgIpc) is 3.01. The highest BCUT2D eigenvalue weighted by atomic mass is 32.2. The lowest BCUT2D eigenvalue weighted by Crippen LogP contribution is -2.36. The van der Waals surface area contributed by atoms with Gasteiger partial charge in [-0.3, -0.25) is 9.69 Å². The van der Waals surface area contributed by atoms with E-state index in [4.69, 9.17) is 4.74 Å². The Morgan fingerprint density at radius 3 is 2.65 bits per heavy atom. The van der Waals surface area contributed by atoms with E-state index in [1.165, 1.54) is 17.3 Å². The number of amides is 1. The van der Waals surface area contributed by atoms with Crippen molar-refractivity contribution < 1.29 is 9.53 Å². The Hall–Kier alpha value is -1.90. The molecule has 7 nitrogen and oxygen atoms in total. The topological polar surface area (TPSA) is 72.3 Å². The number of thioether (sulfide) groups is 1. The Balaban J connectivity index is 1.49. The van der Waals surface area contributed by atoms with Crippen LogP contribution in [-0.2, 0) is 29.5 Å². The molecule has 1 aliphatic heterocycles. The van der Waals surface area contributed by atoms with Gasteiger partial charge in [-0.1, -0.05) is 30.8 Å². The number of hydrogen-bond donors (Lipinski definition) is 1. The smallest absolute Gasteiger partial charge is 0.234 e. The second-order valence-corrected chi connectivity index (χ2v) is 7.18. The molecule has 1 N–H and O–H groups in total. The fraction of sp³-hybridized carbons (Fsp3) is 0.500. The predicted octanol–water partition coefficient (Wildman–Crippen LogP) is 1.94. The van der Waals surface area contributed by atoms with Gasteiger partial charge in [0.2, 0.25) is 5.91 Å². The summed E-state index contributed by atoms with van der Waals surface area (Å²) in [5.41, 5.74) is 2.07. The van der Waals surface area contributed by atoms with Gasteiger partial charge in [0.1, 0.15) is 5.82 Å². The summed E-state index contributed by atoms with van der Waals surface area (Å²) in [5, 5.41) is 12.2. The minimum Gasteiger partial charge on any atom is -0.379 e. The second kappa shape index (κ2) is 9.16. The van der Waals surface area contributed by atoms with Gasteiger partial charge in [-0.15, -0.1) is 10.2 Å². The van der Waals surface area contributed by atoms with E-state index in [0.29, 0.717) is 5.75 Å². The van der Waals surface area contributed by atoms with Crippen LogP contribution in [0.3, 0.4) is 0 Å². The number of carbonyl (C=O) groups excluding carboxylic acids is 1. The fourth-order valence-electron chi connectivity index (χ4n) is 2.72. The zero-order valence-electron chi connectivity index (χ0n) is 15.3. The molecule has 0 unspecified atom stereocenters. The lowest BCUT2D eigenvalue weighted by Gasteiger charge is -2.25. The molecular formula is C18H25N5O2S. The average molecular weight is 375 g/mol. The Labute approximate surface area is 158 Å². The number of aromatic nitrogens is 3. The second-order valence-electron chi connectivity index (χ2n) is 6.23. The quantitative estimate of drug-likeness (QED) is 0.746. The molecule has 1 fully saturated rings. The molecule has 8 heteroatoms. The monoisotopic (exact) mass is 375 g/mol. The Morgan fingerprint density at radius 2 is 1.96 bits per heavy atom. The van der Waals surface area contributed by atoms with E-state index >= 15 is 0 Å². The molecule has 2 heterocycles. The normalized spacial score (nSPS) is 15.2. The van der Waals surface area contributed by atoms with Crippen molar-refractivity contribution in [2.75, 3.05) is 37.4 Å². The van der Waals surface area contributed by atoms with E-state index in [1.807, 2.05) is 35.9 Å². The summed E-state index contributed by atoms with van der Waals surface area (Å²) in [5.74, 6) is 1.17. The number of nitrogens with one attached hydrogen (secondary N) is 1. The van der Waals surface area contributed by atoms with Crippen molar-refractivity contribution in [1.29, 1.82) is 0 Å². The highest BCUT2D eigenvalue weighted by molar-refractivity contribution is 7.99. The van der Waals surface area contributed by atoms with Crippen molar-refractivity contribution in [3.8, 4) is 0 Å². The van der Waals surface area contributed by atoms with Gasteiger partial charge in [-0.25, -0.2) is 0 Å². The molecule has 140 valence electrons. The molecule has 1 aliphatic rings. The van der Waals surface area contributed by atoms with Crippen LogP contribution in [0.15, 0.2) is 29.4 Å². The third-order valence-electron chi connectivity index (χ3n) is 4.37. The summed E-state index contributed by atoms with van der Waals surface area (Å²) in [6.45, 7) is 6.21. The van der Waals surface area contributed by atoms with E-state index in [-0.39, 0.29) is 5.91 Å². The molecule has 1 amide bonds. The lowest BCUT2D eigenvalue weighted by molar-refractivity contribution is -0.113. The highest BCUT2D eigenvalue weighted by Crippen LogP contribution is 2.18. The first-order chi connectivity index (χ1) is 12.7. The first-order valence-electron chi connectivity index (χ1n) is 8.85. The number of carbonyl (C=O) groups is 1. The van der Waals surface area contributed by atoms with Crippen molar-refractivity contribution in [3.05, 3.63) is 35.7 Å². The van der Waals surface area contributed by atoms with Crippen LogP contribution in [0.4, 0.5) is 5.69 Å². The molecular weight excluding hydrogens is 350 g/mol. The summed E-state index contributed by atoms with van der Waals surface area (Å²) in [6, 6.07) is 7.93. The van der Waals surface area contributed by atoms with Crippen LogP contribution in [0.5, 0.6) is 0 Å². The van der Waals surface area contributed by atoms with Crippen LogP contribution in [0.2, 0.25) is 0 Å². The molecule has 3 rings (SSSR count). The number of rotatable bonds is 7. The number of benzene rings is 1. The molecule has 0 radical (unpaired) electrons. The van der Waals surface area contributed by atoms with Crippen LogP contribution in [0.25, 0.3) is 0 Å². The largest absolute Gasteiger partial charge is 0.379 e. The maximum Gasteiger partial charge on any atom is 0.234 e. The number of ether oxygens (including phenoxy) is 1. The van der Waals surface area contributed by atoms with Crippen molar-refractivity contribution in [1.82, 2.24) is 19.7 Å². The first kappa shape index (κ1) is 18.9. The number of morpholine rings is 1. The van der Waals surface area contributed by atoms with Crippen molar-refractivity contribution in [2.45, 2.75) is 25.0 Å². The van der Waals surface area contributed by atoms with Crippen LogP contribution in [0, 0.1) is 0 Å². The fourth-order valence-corrected chi connectivity index (χ4v) is 3.45. The maximum atomic E-state index is 12.2. The molecule has 1 aromatic carbocycles. The van der Waals surface area contributed by atoms with Gasteiger partial charge in [0.15, 0.2) is 5.16 Å². The minimum absolute atomic E-state index is 0.0445. The first-order valence-corrected chi connectivity index (χ1v) is 9.84. The van der Waals surface area contributed by atoms with Crippen molar-refractivity contribution >= 4 is 23.4 Å². The Morgan fingerprint density at radius 1 is 1.23 bits per heavy atom. The van der Waals surface area contributed by atoms with Gasteiger partial charge in [-0.2, -0.15) is 0 Å². The molecule has 0 saturated carbocycles. The predicted molar refractivity (Wildman–Crippen MR) is 102 cm³/mol. The van der Waals surface area contributed by atoms with Gasteiger partial charge < -0.3 is 14.6 Å². The molecule has 1 saturated heterocycles. The number of hydrogen-bond acceptors (Lipinski definition) is 6. The van der Waals surface area contributed by atoms with Gasteiger partial charge in [0, 0.05) is 25.8 Å². The Kier molecular flexibility index (Phi) is 6.65. The highest BCUT2D eigenvalue weighted by Gasteiger charge is 2.16. The molecule has 1 aromatic heterocycles. The third-order valence-corrected chi connectivity index (χ3v) is 5.39. The summed E-state index contributed by atoms with van der Waals surface area (Å²) >= 11 is 1.40. The van der Waals surface area contributed by atoms with Crippen molar-refractivity contribution in [3.63, 3.8) is 0 Å². The molecule has 0 spiro atoms. The van der Waals surface area contributed by atoms with Crippen molar-refractivity contribution in [2.24, 2.45) is 7.05 Å².